The molecule has 2 saturated heterocycles. The van der Waals surface area contributed by atoms with Crippen LogP contribution in [0.5, 0.6) is 5.75 Å². The van der Waals surface area contributed by atoms with Gasteiger partial charge in [-0.1, -0.05) is 6.07 Å². The first-order valence-electron chi connectivity index (χ1n) is 12.6. The van der Waals surface area contributed by atoms with Gasteiger partial charge in [-0.05, 0) is 62.4 Å². The van der Waals surface area contributed by atoms with Crippen LogP contribution in [-0.4, -0.2) is 58.6 Å². The summed E-state index contributed by atoms with van der Waals surface area (Å²) >= 11 is 0. The van der Waals surface area contributed by atoms with E-state index in [1.807, 2.05) is 28.9 Å². The minimum absolute atomic E-state index is 0.129. The van der Waals surface area contributed by atoms with E-state index in [1.54, 1.807) is 31.5 Å². The topological polar surface area (TPSA) is 119 Å². The zero-order chi connectivity index (χ0) is 25.8. The number of nitrogens with zero attached hydrogens (tertiary/aromatic N) is 4. The van der Waals surface area contributed by atoms with Crippen molar-refractivity contribution in [2.24, 2.45) is 5.92 Å². The van der Waals surface area contributed by atoms with Crippen LogP contribution < -0.4 is 15.0 Å². The molecule has 5 rings (SSSR count). The van der Waals surface area contributed by atoms with Crippen LogP contribution in [0.25, 0.3) is 11.4 Å². The minimum atomic E-state index is -0.736. The van der Waals surface area contributed by atoms with Crippen LogP contribution >= 0.6 is 0 Å². The van der Waals surface area contributed by atoms with Crippen molar-refractivity contribution >= 4 is 23.3 Å². The van der Waals surface area contributed by atoms with Gasteiger partial charge in [0.25, 0.3) is 5.91 Å². The fourth-order valence-electron chi connectivity index (χ4n) is 4.92. The Morgan fingerprint density at radius 2 is 1.95 bits per heavy atom. The van der Waals surface area contributed by atoms with Gasteiger partial charge in [0.1, 0.15) is 11.4 Å². The average Bonchev–Trinajstić information content (AvgIpc) is 3.44. The lowest BCUT2D eigenvalue weighted by Gasteiger charge is -2.32. The van der Waals surface area contributed by atoms with E-state index in [-0.39, 0.29) is 23.7 Å². The second-order valence-electron chi connectivity index (χ2n) is 9.33. The second-order valence-corrected chi connectivity index (χ2v) is 9.33. The molecule has 0 saturated carbocycles. The number of aliphatic carboxylic acids is 1. The summed E-state index contributed by atoms with van der Waals surface area (Å²) in [4.78, 5) is 31.1. The molecule has 1 atom stereocenters. The smallest absolute Gasteiger partial charge is 0.306 e. The zero-order valence-electron chi connectivity index (χ0n) is 20.8. The van der Waals surface area contributed by atoms with Gasteiger partial charge in [0.15, 0.2) is 6.23 Å². The Bertz CT molecular complexity index is 1260. The Balaban J connectivity index is 1.30. The van der Waals surface area contributed by atoms with Crippen molar-refractivity contribution in [3.8, 4) is 17.1 Å². The molecule has 10 nitrogen and oxygen atoms in total. The van der Waals surface area contributed by atoms with Crippen LogP contribution in [0.4, 0.5) is 11.4 Å². The molecule has 2 aliphatic heterocycles. The summed E-state index contributed by atoms with van der Waals surface area (Å²) in [5, 5.41) is 16.6. The maximum atomic E-state index is 13.1. The van der Waals surface area contributed by atoms with Crippen LogP contribution in [0.3, 0.4) is 0 Å². The third kappa shape index (κ3) is 5.43. The van der Waals surface area contributed by atoms with E-state index in [0.29, 0.717) is 49.7 Å². The first kappa shape index (κ1) is 24.8. The summed E-state index contributed by atoms with van der Waals surface area (Å²) in [5.74, 6) is -0.862. The number of ether oxygens (including phenoxy) is 2. The molecule has 1 unspecified atom stereocenters. The number of hydrogen-bond donors (Lipinski definition) is 2. The van der Waals surface area contributed by atoms with Crippen molar-refractivity contribution in [2.45, 2.75) is 38.3 Å². The van der Waals surface area contributed by atoms with E-state index in [0.717, 1.165) is 30.6 Å². The predicted octanol–water partition coefficient (Wildman–Crippen LogP) is 4.21. The number of hydrogen-bond acceptors (Lipinski definition) is 7. The summed E-state index contributed by atoms with van der Waals surface area (Å²) < 4.78 is 13.3. The van der Waals surface area contributed by atoms with E-state index in [9.17, 15) is 14.7 Å². The van der Waals surface area contributed by atoms with Crippen molar-refractivity contribution in [3.63, 3.8) is 0 Å². The minimum Gasteiger partial charge on any atom is -0.494 e. The number of amides is 1. The molecule has 1 amide bonds. The fourth-order valence-corrected chi connectivity index (χ4v) is 4.92. The molecule has 2 aliphatic rings. The number of benzene rings is 1. The fraction of sp³-hybridized carbons (Fsp3) is 0.407. The number of rotatable bonds is 7. The molecule has 37 heavy (non-hydrogen) atoms. The van der Waals surface area contributed by atoms with Gasteiger partial charge in [0, 0.05) is 37.6 Å². The van der Waals surface area contributed by atoms with E-state index in [4.69, 9.17) is 9.47 Å². The van der Waals surface area contributed by atoms with Gasteiger partial charge in [-0.3, -0.25) is 9.59 Å². The number of nitrogens with one attached hydrogen (secondary N) is 1. The molecule has 0 radical (unpaired) electrons. The number of carbonyl (C=O) groups excluding carboxylic acids is 1. The number of carboxylic acids is 1. The second kappa shape index (κ2) is 11.0. The molecule has 0 spiro atoms. The van der Waals surface area contributed by atoms with Crippen LogP contribution in [0.2, 0.25) is 0 Å². The highest BCUT2D eigenvalue weighted by Gasteiger charge is 2.25. The molecule has 194 valence electrons. The van der Waals surface area contributed by atoms with Gasteiger partial charge in [-0.25, -0.2) is 9.67 Å². The summed E-state index contributed by atoms with van der Waals surface area (Å²) in [6, 6.07) is 12.8. The first-order chi connectivity index (χ1) is 18.0. The van der Waals surface area contributed by atoms with Crippen LogP contribution in [0.1, 0.15) is 48.8 Å². The average molecular weight is 506 g/mol. The Morgan fingerprint density at radius 1 is 1.11 bits per heavy atom. The Kier molecular flexibility index (Phi) is 7.36. The molecule has 0 aliphatic carbocycles. The third-order valence-electron chi connectivity index (χ3n) is 6.99. The Morgan fingerprint density at radius 3 is 2.68 bits per heavy atom. The molecule has 0 bridgehead atoms. The Hall–Kier alpha value is -3.92. The lowest BCUT2D eigenvalue weighted by atomic mass is 9.97. The molecule has 2 N–H and O–H groups in total. The maximum Gasteiger partial charge on any atom is 0.306 e. The number of carboxylic acid groups (broad SMARTS) is 1. The monoisotopic (exact) mass is 505 g/mol. The van der Waals surface area contributed by atoms with E-state index in [1.165, 1.54) is 0 Å². The predicted molar refractivity (Wildman–Crippen MR) is 138 cm³/mol. The van der Waals surface area contributed by atoms with E-state index in [2.05, 4.69) is 20.3 Å². The normalized spacial score (nSPS) is 18.4. The summed E-state index contributed by atoms with van der Waals surface area (Å²) in [6.07, 6.45) is 5.82. The van der Waals surface area contributed by atoms with Crippen LogP contribution in [0.15, 0.2) is 48.7 Å². The molecule has 2 aromatic heterocycles. The highest BCUT2D eigenvalue weighted by Crippen LogP contribution is 2.33. The van der Waals surface area contributed by atoms with Gasteiger partial charge in [0.05, 0.1) is 30.1 Å². The molecule has 2 fully saturated rings. The summed E-state index contributed by atoms with van der Waals surface area (Å²) in [6.45, 7) is 2.02. The van der Waals surface area contributed by atoms with E-state index < -0.39 is 5.97 Å². The first-order valence-corrected chi connectivity index (χ1v) is 12.6. The lowest BCUT2D eigenvalue weighted by Crippen LogP contribution is -2.36. The number of methoxy groups -OCH3 is 1. The number of piperidine rings is 1. The van der Waals surface area contributed by atoms with Gasteiger partial charge in [-0.15, -0.1) is 0 Å². The number of carbonyl (C=O) groups is 2. The van der Waals surface area contributed by atoms with Gasteiger partial charge in [0.2, 0.25) is 0 Å². The SMILES string of the molecule is COc1cc(N2CCC(C(=O)O)CC2)ccc1NC(=O)c1cccc(-c2ccnn2C2CCCCO2)n1. The highest BCUT2D eigenvalue weighted by atomic mass is 16.5. The van der Waals surface area contributed by atoms with Crippen molar-refractivity contribution in [1.29, 1.82) is 0 Å². The van der Waals surface area contributed by atoms with E-state index >= 15 is 0 Å². The van der Waals surface area contributed by atoms with Crippen molar-refractivity contribution in [1.82, 2.24) is 14.8 Å². The van der Waals surface area contributed by atoms with Gasteiger partial charge >= 0.3 is 5.97 Å². The van der Waals surface area contributed by atoms with Crippen LogP contribution in [0, 0.1) is 5.92 Å². The standard InChI is InChI=1S/C27H31N5O5/c1-36-24-17-19(31-14-11-18(12-15-31)27(34)35)8-9-21(24)30-26(33)22-6-4-5-20(29-22)23-10-13-28-32(23)25-7-2-3-16-37-25/h4-6,8-10,13,17-18,25H,2-3,7,11-12,14-16H2,1H3,(H,30,33)(H,34,35). The zero-order valence-corrected chi connectivity index (χ0v) is 20.8. The maximum absolute atomic E-state index is 13.1. The van der Waals surface area contributed by atoms with Crippen molar-refractivity contribution in [2.75, 3.05) is 37.0 Å². The molecular formula is C27H31N5O5. The van der Waals surface area contributed by atoms with Crippen LogP contribution in [-0.2, 0) is 9.53 Å². The molecule has 4 heterocycles. The Labute approximate surface area is 215 Å². The molecular weight excluding hydrogens is 474 g/mol. The summed E-state index contributed by atoms with van der Waals surface area (Å²) in [5.41, 5.74) is 3.18. The molecule has 3 aromatic rings. The number of pyridine rings is 1. The van der Waals surface area contributed by atoms with Gasteiger partial charge < -0.3 is 24.8 Å². The number of aromatic nitrogens is 3. The lowest BCUT2D eigenvalue weighted by molar-refractivity contribution is -0.142. The van der Waals surface area contributed by atoms with Crippen molar-refractivity contribution in [3.05, 3.63) is 54.4 Å². The van der Waals surface area contributed by atoms with Gasteiger partial charge in [-0.2, -0.15) is 5.10 Å². The highest BCUT2D eigenvalue weighted by molar-refractivity contribution is 6.04. The summed E-state index contributed by atoms with van der Waals surface area (Å²) in [7, 11) is 1.55. The molecule has 10 heteroatoms. The number of anilines is 2. The quantitative estimate of drug-likeness (QED) is 0.490. The van der Waals surface area contributed by atoms with Crippen molar-refractivity contribution < 1.29 is 24.2 Å². The largest absolute Gasteiger partial charge is 0.494 e. The third-order valence-corrected chi connectivity index (χ3v) is 6.99. The molecule has 1 aromatic carbocycles.